The lowest BCUT2D eigenvalue weighted by molar-refractivity contribution is -0.115. The van der Waals surface area contributed by atoms with Gasteiger partial charge in [-0.2, -0.15) is 0 Å². The van der Waals surface area contributed by atoms with Gasteiger partial charge < -0.3 is 0 Å². The first-order valence-corrected chi connectivity index (χ1v) is 5.10. The fraction of sp³-hybridized carbons (Fsp3) is 0.500. The zero-order chi connectivity index (χ0) is 10.4. The molecule has 2 nitrogen and oxygen atoms in total. The number of rotatable bonds is 6. The number of hydrogen-bond donors (Lipinski definition) is 0. The second kappa shape index (κ2) is 5.53. The van der Waals surface area contributed by atoms with Gasteiger partial charge in [-0.25, -0.2) is 0 Å². The number of ketones is 1. The van der Waals surface area contributed by atoms with E-state index in [2.05, 4.69) is 11.7 Å². The van der Waals surface area contributed by atoms with Crippen LogP contribution in [0.25, 0.3) is 0 Å². The average molecular weight is 191 g/mol. The Bertz CT molecular complexity index is 272. The standard InChI is InChI=1S/C12H17NO/c1-3-4-5-11(13-2)12(14)9-8-10-6-7-10/h3-5,10H,2,6-9H2,1H3/b4-3-,11-5-. The fourth-order valence-corrected chi connectivity index (χ4v) is 1.29. The summed E-state index contributed by atoms with van der Waals surface area (Å²) in [5.74, 6) is 0.914. The first-order chi connectivity index (χ1) is 6.77. The van der Waals surface area contributed by atoms with Crippen LogP contribution in [-0.4, -0.2) is 12.5 Å². The maximum Gasteiger partial charge on any atom is 0.181 e. The van der Waals surface area contributed by atoms with Crippen molar-refractivity contribution in [1.82, 2.24) is 0 Å². The molecule has 0 N–H and O–H groups in total. The van der Waals surface area contributed by atoms with Crippen LogP contribution in [0.5, 0.6) is 0 Å². The summed E-state index contributed by atoms with van der Waals surface area (Å²) in [5.41, 5.74) is 0.490. The van der Waals surface area contributed by atoms with Gasteiger partial charge in [0.15, 0.2) is 5.78 Å². The number of carbonyl (C=O) groups excluding carboxylic acids is 1. The molecule has 0 aromatic rings. The van der Waals surface area contributed by atoms with Gasteiger partial charge in [0.2, 0.25) is 0 Å². The van der Waals surface area contributed by atoms with Crippen LogP contribution in [-0.2, 0) is 4.79 Å². The maximum absolute atomic E-state index is 11.6. The summed E-state index contributed by atoms with van der Waals surface area (Å²) in [4.78, 5) is 15.3. The highest BCUT2D eigenvalue weighted by Crippen LogP contribution is 2.33. The van der Waals surface area contributed by atoms with Crippen molar-refractivity contribution in [2.75, 3.05) is 0 Å². The minimum Gasteiger partial charge on any atom is -0.292 e. The van der Waals surface area contributed by atoms with Gasteiger partial charge in [0.1, 0.15) is 5.70 Å². The normalized spacial score (nSPS) is 17.4. The summed E-state index contributed by atoms with van der Waals surface area (Å²) >= 11 is 0. The molecule has 14 heavy (non-hydrogen) atoms. The highest BCUT2D eigenvalue weighted by Gasteiger charge is 2.22. The van der Waals surface area contributed by atoms with Crippen LogP contribution >= 0.6 is 0 Å². The predicted octanol–water partition coefficient (Wildman–Crippen LogP) is 2.91. The van der Waals surface area contributed by atoms with E-state index in [1.54, 1.807) is 6.08 Å². The van der Waals surface area contributed by atoms with E-state index in [9.17, 15) is 4.79 Å². The second-order valence-corrected chi connectivity index (χ2v) is 3.64. The van der Waals surface area contributed by atoms with Crippen LogP contribution < -0.4 is 0 Å². The summed E-state index contributed by atoms with van der Waals surface area (Å²) in [6.07, 6.45) is 9.64. The van der Waals surface area contributed by atoms with Gasteiger partial charge in [-0.05, 0) is 32.1 Å². The molecule has 0 unspecified atom stereocenters. The molecule has 1 aliphatic carbocycles. The van der Waals surface area contributed by atoms with Crippen molar-refractivity contribution in [2.24, 2.45) is 10.9 Å². The Morgan fingerprint density at radius 3 is 2.79 bits per heavy atom. The van der Waals surface area contributed by atoms with E-state index >= 15 is 0 Å². The molecule has 0 aliphatic heterocycles. The first kappa shape index (κ1) is 10.9. The Morgan fingerprint density at radius 2 is 2.29 bits per heavy atom. The zero-order valence-corrected chi connectivity index (χ0v) is 8.70. The molecule has 1 fully saturated rings. The van der Waals surface area contributed by atoms with Crippen LogP contribution in [0.1, 0.15) is 32.6 Å². The molecule has 1 saturated carbocycles. The van der Waals surface area contributed by atoms with E-state index < -0.39 is 0 Å². The minimum atomic E-state index is 0.116. The molecule has 0 radical (unpaired) electrons. The molecule has 76 valence electrons. The van der Waals surface area contributed by atoms with Crippen LogP contribution in [0.3, 0.4) is 0 Å². The summed E-state index contributed by atoms with van der Waals surface area (Å²) in [7, 11) is 0. The van der Waals surface area contributed by atoms with Crippen molar-refractivity contribution < 1.29 is 4.79 Å². The lowest BCUT2D eigenvalue weighted by atomic mass is 10.1. The quantitative estimate of drug-likeness (QED) is 0.360. The third-order valence-electron chi connectivity index (χ3n) is 2.38. The SMILES string of the molecule is C=N/C(=C\C=C/C)C(=O)CCC1CC1. The van der Waals surface area contributed by atoms with E-state index in [0.717, 1.165) is 12.3 Å². The fourth-order valence-electron chi connectivity index (χ4n) is 1.29. The van der Waals surface area contributed by atoms with E-state index in [4.69, 9.17) is 0 Å². The molecule has 0 heterocycles. The van der Waals surface area contributed by atoms with Gasteiger partial charge in [-0.3, -0.25) is 9.79 Å². The Labute approximate surface area is 85.4 Å². The van der Waals surface area contributed by atoms with Crippen LogP contribution in [0.4, 0.5) is 0 Å². The Balaban J connectivity index is 2.41. The number of nitrogens with zero attached hydrogens (tertiary/aromatic N) is 1. The molecule has 1 aliphatic rings. The van der Waals surface area contributed by atoms with Crippen molar-refractivity contribution in [3.05, 3.63) is 23.9 Å². The lowest BCUT2D eigenvalue weighted by Crippen LogP contribution is -2.00. The number of hydrogen-bond acceptors (Lipinski definition) is 2. The molecule has 0 bridgehead atoms. The van der Waals surface area contributed by atoms with E-state index in [1.165, 1.54) is 12.8 Å². The summed E-state index contributed by atoms with van der Waals surface area (Å²) in [5, 5.41) is 0. The van der Waals surface area contributed by atoms with Gasteiger partial charge in [0.25, 0.3) is 0 Å². The topological polar surface area (TPSA) is 29.4 Å². The predicted molar refractivity (Wildman–Crippen MR) is 59.4 cm³/mol. The van der Waals surface area contributed by atoms with Crippen LogP contribution in [0, 0.1) is 5.92 Å². The molecule has 0 aromatic carbocycles. The summed E-state index contributed by atoms with van der Waals surface area (Å²) < 4.78 is 0. The monoisotopic (exact) mass is 191 g/mol. The smallest absolute Gasteiger partial charge is 0.181 e. The van der Waals surface area contributed by atoms with Crippen molar-refractivity contribution in [3.8, 4) is 0 Å². The summed E-state index contributed by atoms with van der Waals surface area (Å²) in [6, 6.07) is 0. The molecule has 0 spiro atoms. The van der Waals surface area contributed by atoms with E-state index in [0.29, 0.717) is 12.1 Å². The molecular weight excluding hydrogens is 174 g/mol. The Hall–Kier alpha value is -1.18. The number of aliphatic imine (C=N–C) groups is 1. The van der Waals surface area contributed by atoms with Crippen molar-refractivity contribution >= 4 is 12.5 Å². The lowest BCUT2D eigenvalue weighted by Gasteiger charge is -1.98. The second-order valence-electron chi connectivity index (χ2n) is 3.64. The maximum atomic E-state index is 11.6. The third-order valence-corrected chi connectivity index (χ3v) is 2.38. The van der Waals surface area contributed by atoms with Crippen molar-refractivity contribution in [3.63, 3.8) is 0 Å². The first-order valence-electron chi connectivity index (χ1n) is 5.10. The molecule has 0 saturated heterocycles. The molecule has 0 amide bonds. The van der Waals surface area contributed by atoms with Gasteiger partial charge in [0, 0.05) is 6.42 Å². The number of Topliss-reactive ketones (excluding diaryl/α,β-unsaturated/α-hetero) is 1. The molecule has 0 atom stereocenters. The van der Waals surface area contributed by atoms with Gasteiger partial charge in [0.05, 0.1) is 0 Å². The third kappa shape index (κ3) is 3.69. The number of allylic oxidation sites excluding steroid dienone is 4. The zero-order valence-electron chi connectivity index (χ0n) is 8.70. The molecule has 1 rings (SSSR count). The van der Waals surface area contributed by atoms with Crippen molar-refractivity contribution in [2.45, 2.75) is 32.6 Å². The van der Waals surface area contributed by atoms with E-state index in [1.807, 2.05) is 19.1 Å². The van der Waals surface area contributed by atoms with Crippen LogP contribution in [0.15, 0.2) is 28.9 Å². The van der Waals surface area contributed by atoms with Gasteiger partial charge in [-0.1, -0.05) is 25.0 Å². The highest BCUT2D eigenvalue weighted by molar-refractivity contribution is 5.95. The average Bonchev–Trinajstić information content (AvgIpc) is 2.99. The molecule has 0 aromatic heterocycles. The number of carbonyl (C=O) groups is 1. The van der Waals surface area contributed by atoms with Gasteiger partial charge in [-0.15, -0.1) is 0 Å². The van der Waals surface area contributed by atoms with Crippen molar-refractivity contribution in [1.29, 1.82) is 0 Å². The largest absolute Gasteiger partial charge is 0.292 e. The highest BCUT2D eigenvalue weighted by atomic mass is 16.1. The molecule has 2 heteroatoms. The Kier molecular flexibility index (Phi) is 4.30. The minimum absolute atomic E-state index is 0.116. The van der Waals surface area contributed by atoms with Crippen LogP contribution in [0.2, 0.25) is 0 Å². The van der Waals surface area contributed by atoms with E-state index in [-0.39, 0.29) is 5.78 Å². The van der Waals surface area contributed by atoms with Gasteiger partial charge >= 0.3 is 0 Å². The summed E-state index contributed by atoms with van der Waals surface area (Å²) in [6.45, 7) is 5.31. The molecular formula is C12H17NO. The Morgan fingerprint density at radius 1 is 1.57 bits per heavy atom.